The van der Waals surface area contributed by atoms with Gasteiger partial charge in [-0.2, -0.15) is 0 Å². The van der Waals surface area contributed by atoms with Gasteiger partial charge in [0.2, 0.25) is 0 Å². The molecule has 0 saturated carbocycles. The van der Waals surface area contributed by atoms with E-state index >= 15 is 0 Å². The predicted molar refractivity (Wildman–Crippen MR) is 102 cm³/mol. The molecule has 0 aromatic heterocycles. The third-order valence-electron chi connectivity index (χ3n) is 3.65. The summed E-state index contributed by atoms with van der Waals surface area (Å²) >= 11 is 0. The van der Waals surface area contributed by atoms with Gasteiger partial charge in [-0.05, 0) is 19.9 Å². The van der Waals surface area contributed by atoms with Crippen molar-refractivity contribution in [2.75, 3.05) is 6.54 Å². The van der Waals surface area contributed by atoms with Crippen LogP contribution in [0, 0.1) is 0 Å². The fourth-order valence-corrected chi connectivity index (χ4v) is 2.02. The van der Waals surface area contributed by atoms with Gasteiger partial charge in [0.25, 0.3) is 0 Å². The van der Waals surface area contributed by atoms with Crippen LogP contribution in [0.4, 0.5) is 0 Å². The van der Waals surface area contributed by atoms with Gasteiger partial charge < -0.3 is 15.5 Å². The van der Waals surface area contributed by atoms with Crippen molar-refractivity contribution in [3.8, 4) is 0 Å². The summed E-state index contributed by atoms with van der Waals surface area (Å²) in [7, 11) is 0. The van der Waals surface area contributed by atoms with Crippen LogP contribution in [-0.4, -0.2) is 64.3 Å². The third-order valence-corrected chi connectivity index (χ3v) is 3.65. The summed E-state index contributed by atoms with van der Waals surface area (Å²) in [5.74, 6) is -1.51. The summed E-state index contributed by atoms with van der Waals surface area (Å²) in [5, 5.41) is 19.4. The molecular weight excluding hydrogens is 317 g/mol. The summed E-state index contributed by atoms with van der Waals surface area (Å²) < 4.78 is 0. The molecule has 0 fully saturated rings. The fraction of sp³-hybridized carbons (Fsp3) is 0.889. The number of aliphatic carboxylic acids is 2. The maximum absolute atomic E-state index is 10.5. The molecule has 0 rings (SSSR count). The van der Waals surface area contributed by atoms with Gasteiger partial charge >= 0.3 is 41.5 Å². The van der Waals surface area contributed by atoms with E-state index in [0.717, 1.165) is 13.0 Å². The second-order valence-corrected chi connectivity index (χ2v) is 5.94. The molecule has 0 radical (unpaired) electrons. The van der Waals surface area contributed by atoms with E-state index in [0.29, 0.717) is 0 Å². The molecule has 0 amide bonds. The Hall–Kier alpha value is -0.100. The number of rotatable bonds is 14. The number of unbranched alkanes of at least 4 members (excludes halogenated alkanes) is 9. The SMILES string of the molecule is CCC(=O)O.CCCCCCCCCCCCNC(C)C(=O)O.[NaH]. The van der Waals surface area contributed by atoms with E-state index < -0.39 is 18.0 Å². The molecule has 0 aromatic carbocycles. The Balaban J connectivity index is -0.000000639. The molecule has 6 heteroatoms. The van der Waals surface area contributed by atoms with Crippen molar-refractivity contribution < 1.29 is 19.8 Å². The van der Waals surface area contributed by atoms with Crippen molar-refractivity contribution in [2.24, 2.45) is 0 Å². The zero-order chi connectivity index (χ0) is 17.9. The summed E-state index contributed by atoms with van der Waals surface area (Å²) in [6.45, 7) is 6.37. The van der Waals surface area contributed by atoms with Crippen LogP contribution in [0.5, 0.6) is 0 Å². The Labute approximate surface area is 170 Å². The van der Waals surface area contributed by atoms with Gasteiger partial charge in [0.05, 0.1) is 0 Å². The van der Waals surface area contributed by atoms with Crippen LogP contribution in [0.1, 0.15) is 91.4 Å². The molecule has 1 unspecified atom stereocenters. The molecule has 5 nitrogen and oxygen atoms in total. The average molecular weight is 355 g/mol. The van der Waals surface area contributed by atoms with Gasteiger partial charge in [-0.25, -0.2) is 0 Å². The van der Waals surface area contributed by atoms with E-state index in [4.69, 9.17) is 10.2 Å². The monoisotopic (exact) mass is 355 g/mol. The number of hydrogen-bond acceptors (Lipinski definition) is 3. The minimum absolute atomic E-state index is 0. The van der Waals surface area contributed by atoms with E-state index in [1.165, 1.54) is 57.8 Å². The van der Waals surface area contributed by atoms with E-state index in [1.54, 1.807) is 13.8 Å². The Kier molecular flexibility index (Phi) is 27.4. The summed E-state index contributed by atoms with van der Waals surface area (Å²) in [6.07, 6.45) is 13.4. The topological polar surface area (TPSA) is 86.6 Å². The Morgan fingerprint density at radius 2 is 1.21 bits per heavy atom. The van der Waals surface area contributed by atoms with Crippen molar-refractivity contribution >= 4 is 41.5 Å². The summed E-state index contributed by atoms with van der Waals surface area (Å²) in [6, 6.07) is -0.413. The average Bonchev–Trinajstić information content (AvgIpc) is 2.52. The normalized spacial score (nSPS) is 11.0. The first kappa shape index (κ1) is 28.7. The second kappa shape index (κ2) is 22.9. The molecule has 0 aliphatic heterocycles. The van der Waals surface area contributed by atoms with Crippen LogP contribution in [-0.2, 0) is 9.59 Å². The zero-order valence-electron chi connectivity index (χ0n) is 15.3. The van der Waals surface area contributed by atoms with E-state index in [-0.39, 0.29) is 36.0 Å². The van der Waals surface area contributed by atoms with Crippen molar-refractivity contribution in [1.29, 1.82) is 0 Å². The molecule has 0 aromatic rings. The maximum atomic E-state index is 10.5. The standard InChI is InChI=1S/C15H31NO2.C3H6O2.Na.H/c1-3-4-5-6-7-8-9-10-11-12-13-16-14(2)15(17)18;1-2-3(4)5;;/h14,16H,3-13H2,1-2H3,(H,17,18);2H2,1H3,(H,4,5);;. The van der Waals surface area contributed by atoms with Crippen molar-refractivity contribution in [1.82, 2.24) is 5.32 Å². The molecular formula is C18H38NNaO4. The fourth-order valence-electron chi connectivity index (χ4n) is 2.02. The van der Waals surface area contributed by atoms with Crippen molar-refractivity contribution in [3.05, 3.63) is 0 Å². The Morgan fingerprint density at radius 1 is 0.833 bits per heavy atom. The number of nitrogens with one attached hydrogen (secondary N) is 1. The molecule has 1 atom stereocenters. The molecule has 0 spiro atoms. The first-order valence-corrected chi connectivity index (χ1v) is 9.13. The van der Waals surface area contributed by atoms with E-state index in [1.807, 2.05) is 0 Å². The molecule has 24 heavy (non-hydrogen) atoms. The molecule has 3 N–H and O–H groups in total. The zero-order valence-corrected chi connectivity index (χ0v) is 15.3. The summed E-state index contributed by atoms with van der Waals surface area (Å²) in [4.78, 5) is 19.9. The second-order valence-electron chi connectivity index (χ2n) is 5.94. The minimum atomic E-state index is -0.762. The molecule has 0 aliphatic carbocycles. The molecule has 0 saturated heterocycles. The molecule has 140 valence electrons. The van der Waals surface area contributed by atoms with Gasteiger partial charge in [0, 0.05) is 6.42 Å². The number of carboxylic acid groups (broad SMARTS) is 2. The van der Waals surface area contributed by atoms with Crippen LogP contribution < -0.4 is 5.32 Å². The quantitative estimate of drug-likeness (QED) is 0.326. The molecule has 0 bridgehead atoms. The van der Waals surface area contributed by atoms with Gasteiger partial charge in [-0.1, -0.05) is 71.6 Å². The van der Waals surface area contributed by atoms with Crippen LogP contribution >= 0.6 is 0 Å². The van der Waals surface area contributed by atoms with Gasteiger partial charge in [0.1, 0.15) is 6.04 Å². The van der Waals surface area contributed by atoms with Crippen LogP contribution in [0.15, 0.2) is 0 Å². The number of hydrogen-bond donors (Lipinski definition) is 3. The van der Waals surface area contributed by atoms with Crippen LogP contribution in [0.3, 0.4) is 0 Å². The predicted octanol–water partition coefficient (Wildman–Crippen LogP) is 3.80. The Morgan fingerprint density at radius 3 is 1.54 bits per heavy atom. The number of carboxylic acids is 2. The number of carbonyl (C=O) groups is 2. The van der Waals surface area contributed by atoms with Crippen LogP contribution in [0.25, 0.3) is 0 Å². The first-order valence-electron chi connectivity index (χ1n) is 9.13. The van der Waals surface area contributed by atoms with Crippen molar-refractivity contribution in [3.63, 3.8) is 0 Å². The van der Waals surface area contributed by atoms with Crippen LogP contribution in [0.2, 0.25) is 0 Å². The van der Waals surface area contributed by atoms with Gasteiger partial charge in [-0.3, -0.25) is 9.59 Å². The first-order chi connectivity index (χ1) is 11.0. The van der Waals surface area contributed by atoms with E-state index in [2.05, 4.69) is 12.2 Å². The van der Waals surface area contributed by atoms with Crippen molar-refractivity contribution in [2.45, 2.75) is 97.4 Å². The van der Waals surface area contributed by atoms with Gasteiger partial charge in [-0.15, -0.1) is 0 Å². The van der Waals surface area contributed by atoms with E-state index in [9.17, 15) is 9.59 Å². The molecule has 0 aliphatic rings. The Bertz CT molecular complexity index is 288. The van der Waals surface area contributed by atoms with Gasteiger partial charge in [0.15, 0.2) is 0 Å². The third kappa shape index (κ3) is 26.8. The summed E-state index contributed by atoms with van der Waals surface area (Å²) in [5.41, 5.74) is 0. The molecule has 0 heterocycles.